The first-order valence-electron chi connectivity index (χ1n) is 10.0. The number of aromatic nitrogens is 2. The molecule has 6 nitrogen and oxygen atoms in total. The summed E-state index contributed by atoms with van der Waals surface area (Å²) in [7, 11) is 1.94. The maximum Gasteiger partial charge on any atom is 0.194 e. The Morgan fingerprint density at radius 1 is 1.36 bits per heavy atom. The average Bonchev–Trinajstić information content (AvgIpc) is 3.34. The fraction of sp³-hybridized carbons (Fsp3) is 0.524. The van der Waals surface area contributed by atoms with Crippen LogP contribution in [0, 0.1) is 0 Å². The molecule has 0 spiro atoms. The van der Waals surface area contributed by atoms with Gasteiger partial charge in [-0.3, -0.25) is 9.67 Å². The molecule has 2 fully saturated rings. The molecular weight excluding hydrogens is 370 g/mol. The van der Waals surface area contributed by atoms with Crippen molar-refractivity contribution in [1.29, 1.82) is 0 Å². The SMILES string of the molecule is CCNC(=NCC1(Sc2ccccc2)CC1)N1CCOC(c2cnn(C)c2)C1. The smallest absolute Gasteiger partial charge is 0.194 e. The number of morpholine rings is 1. The molecule has 2 heterocycles. The summed E-state index contributed by atoms with van der Waals surface area (Å²) in [6.45, 7) is 6.21. The van der Waals surface area contributed by atoms with E-state index in [1.165, 1.54) is 17.7 Å². The van der Waals surface area contributed by atoms with E-state index in [-0.39, 0.29) is 10.9 Å². The van der Waals surface area contributed by atoms with E-state index in [0.29, 0.717) is 6.61 Å². The number of nitrogens with zero attached hydrogens (tertiary/aromatic N) is 4. The minimum absolute atomic E-state index is 0.0416. The van der Waals surface area contributed by atoms with Gasteiger partial charge in [0.25, 0.3) is 0 Å². The minimum atomic E-state index is 0.0416. The fourth-order valence-electron chi connectivity index (χ4n) is 3.46. The zero-order valence-electron chi connectivity index (χ0n) is 16.7. The third-order valence-electron chi connectivity index (χ3n) is 5.20. The number of aliphatic imine (C=N–C) groups is 1. The van der Waals surface area contributed by atoms with Crippen molar-refractivity contribution < 1.29 is 4.74 Å². The Labute approximate surface area is 171 Å². The van der Waals surface area contributed by atoms with Crippen LogP contribution in [0.15, 0.2) is 52.6 Å². The van der Waals surface area contributed by atoms with E-state index in [1.807, 2.05) is 35.9 Å². The fourth-order valence-corrected chi connectivity index (χ4v) is 4.69. The molecule has 1 unspecified atom stereocenters. The molecule has 1 saturated heterocycles. The van der Waals surface area contributed by atoms with Crippen molar-refractivity contribution in [2.24, 2.45) is 12.0 Å². The Morgan fingerprint density at radius 2 is 2.18 bits per heavy atom. The average molecular weight is 400 g/mol. The van der Waals surface area contributed by atoms with Gasteiger partial charge in [0.05, 0.1) is 25.9 Å². The summed E-state index contributed by atoms with van der Waals surface area (Å²) in [6.07, 6.45) is 6.44. The van der Waals surface area contributed by atoms with Gasteiger partial charge in [-0.15, -0.1) is 11.8 Å². The lowest BCUT2D eigenvalue weighted by Gasteiger charge is -2.35. The lowest BCUT2D eigenvalue weighted by atomic mass is 10.1. The summed E-state index contributed by atoms with van der Waals surface area (Å²) in [5.41, 5.74) is 1.13. The minimum Gasteiger partial charge on any atom is -0.370 e. The topological polar surface area (TPSA) is 54.7 Å². The van der Waals surface area contributed by atoms with Gasteiger partial charge in [-0.1, -0.05) is 18.2 Å². The Morgan fingerprint density at radius 3 is 2.86 bits per heavy atom. The summed E-state index contributed by atoms with van der Waals surface area (Å²) in [4.78, 5) is 8.70. The molecule has 2 aliphatic rings. The van der Waals surface area contributed by atoms with Gasteiger partial charge in [0, 0.05) is 41.5 Å². The summed E-state index contributed by atoms with van der Waals surface area (Å²) >= 11 is 1.97. The van der Waals surface area contributed by atoms with Gasteiger partial charge in [-0.25, -0.2) is 0 Å². The first kappa shape index (κ1) is 19.3. The second kappa shape index (κ2) is 8.57. The second-order valence-electron chi connectivity index (χ2n) is 7.52. The summed E-state index contributed by atoms with van der Waals surface area (Å²) in [6, 6.07) is 10.7. The number of hydrogen-bond acceptors (Lipinski definition) is 4. The van der Waals surface area contributed by atoms with Crippen molar-refractivity contribution in [2.45, 2.75) is 35.5 Å². The van der Waals surface area contributed by atoms with Crippen LogP contribution in [0.25, 0.3) is 0 Å². The molecule has 1 aromatic carbocycles. The summed E-state index contributed by atoms with van der Waals surface area (Å²) < 4.78 is 8.08. The van der Waals surface area contributed by atoms with Crippen LogP contribution in [0.3, 0.4) is 0 Å². The molecule has 2 aromatic rings. The molecule has 0 bridgehead atoms. The molecule has 1 N–H and O–H groups in total. The Hall–Kier alpha value is -1.99. The van der Waals surface area contributed by atoms with Crippen molar-refractivity contribution in [3.8, 4) is 0 Å². The number of nitrogens with one attached hydrogen (secondary N) is 1. The lowest BCUT2D eigenvalue weighted by Crippen LogP contribution is -2.48. The number of ether oxygens (including phenoxy) is 1. The third kappa shape index (κ3) is 4.70. The van der Waals surface area contributed by atoms with Crippen LogP contribution in [0.5, 0.6) is 0 Å². The van der Waals surface area contributed by atoms with Gasteiger partial charge in [0.1, 0.15) is 6.10 Å². The molecule has 0 radical (unpaired) electrons. The molecule has 28 heavy (non-hydrogen) atoms. The van der Waals surface area contributed by atoms with Gasteiger partial charge < -0.3 is 15.0 Å². The predicted octanol–water partition coefficient (Wildman–Crippen LogP) is 3.08. The number of hydrogen-bond donors (Lipinski definition) is 1. The first-order chi connectivity index (χ1) is 13.7. The molecule has 1 aliphatic carbocycles. The standard InChI is InChI=1S/C21H29N5OS/c1-3-22-20(23-16-21(9-10-21)28-18-7-5-4-6-8-18)26-11-12-27-19(15-26)17-13-24-25(2)14-17/h4-8,13-14,19H,3,9-12,15-16H2,1-2H3,(H,22,23). The normalized spacial score (nSPS) is 21.6. The van der Waals surface area contributed by atoms with Crippen LogP contribution >= 0.6 is 11.8 Å². The summed E-state index contributed by atoms with van der Waals surface area (Å²) in [5.74, 6) is 1.000. The highest BCUT2D eigenvalue weighted by atomic mass is 32.2. The molecule has 0 amide bonds. The number of thioether (sulfide) groups is 1. The molecule has 1 saturated carbocycles. The van der Waals surface area contributed by atoms with Gasteiger partial charge >= 0.3 is 0 Å². The van der Waals surface area contributed by atoms with Crippen molar-refractivity contribution in [3.63, 3.8) is 0 Å². The largest absolute Gasteiger partial charge is 0.370 e. The number of aryl methyl sites for hydroxylation is 1. The quantitative estimate of drug-likeness (QED) is 0.598. The van der Waals surface area contributed by atoms with Crippen LogP contribution < -0.4 is 5.32 Å². The number of rotatable bonds is 6. The summed E-state index contributed by atoms with van der Waals surface area (Å²) in [5, 5.41) is 7.77. The van der Waals surface area contributed by atoms with Crippen LogP contribution in [0.1, 0.15) is 31.4 Å². The lowest BCUT2D eigenvalue weighted by molar-refractivity contribution is -0.00804. The van der Waals surface area contributed by atoms with E-state index in [1.54, 1.807) is 0 Å². The van der Waals surface area contributed by atoms with Gasteiger partial charge in [-0.2, -0.15) is 5.10 Å². The van der Waals surface area contributed by atoms with Crippen LogP contribution in [-0.2, 0) is 11.8 Å². The van der Waals surface area contributed by atoms with Crippen molar-refractivity contribution in [3.05, 3.63) is 48.3 Å². The van der Waals surface area contributed by atoms with E-state index in [2.05, 4.69) is 52.6 Å². The number of guanidine groups is 1. The third-order valence-corrected chi connectivity index (χ3v) is 6.68. The maximum atomic E-state index is 5.99. The van der Waals surface area contributed by atoms with Gasteiger partial charge in [0.15, 0.2) is 5.96 Å². The van der Waals surface area contributed by atoms with Gasteiger partial charge in [-0.05, 0) is 31.9 Å². The maximum absolute atomic E-state index is 5.99. The molecule has 4 rings (SSSR count). The van der Waals surface area contributed by atoms with Crippen LogP contribution in [0.2, 0.25) is 0 Å². The van der Waals surface area contributed by atoms with Crippen molar-refractivity contribution >= 4 is 17.7 Å². The van der Waals surface area contributed by atoms with E-state index < -0.39 is 0 Å². The van der Waals surface area contributed by atoms with Crippen LogP contribution in [-0.4, -0.2) is 58.2 Å². The highest BCUT2D eigenvalue weighted by Crippen LogP contribution is 2.51. The van der Waals surface area contributed by atoms with Crippen LogP contribution in [0.4, 0.5) is 0 Å². The van der Waals surface area contributed by atoms with Crippen molar-refractivity contribution in [2.75, 3.05) is 32.8 Å². The molecule has 1 aromatic heterocycles. The highest BCUT2D eigenvalue weighted by Gasteiger charge is 2.43. The second-order valence-corrected chi connectivity index (χ2v) is 9.06. The Bertz CT molecular complexity index is 802. The first-order valence-corrected chi connectivity index (χ1v) is 10.9. The Balaban J connectivity index is 1.43. The molecule has 1 aliphatic heterocycles. The monoisotopic (exact) mass is 399 g/mol. The van der Waals surface area contributed by atoms with E-state index in [9.17, 15) is 0 Å². The molecule has 150 valence electrons. The van der Waals surface area contributed by atoms with E-state index in [0.717, 1.165) is 37.7 Å². The highest BCUT2D eigenvalue weighted by molar-refractivity contribution is 8.01. The van der Waals surface area contributed by atoms with Crippen molar-refractivity contribution in [1.82, 2.24) is 20.0 Å². The molecular formula is C21H29N5OS. The van der Waals surface area contributed by atoms with E-state index in [4.69, 9.17) is 9.73 Å². The van der Waals surface area contributed by atoms with Gasteiger partial charge in [0.2, 0.25) is 0 Å². The van der Waals surface area contributed by atoms with E-state index >= 15 is 0 Å². The Kier molecular flexibility index (Phi) is 5.92. The number of benzene rings is 1. The zero-order valence-corrected chi connectivity index (χ0v) is 17.5. The predicted molar refractivity (Wildman–Crippen MR) is 114 cm³/mol. The molecule has 7 heteroatoms. The zero-order chi connectivity index (χ0) is 19.4. The molecule has 1 atom stereocenters.